The van der Waals surface area contributed by atoms with Gasteiger partial charge in [-0.25, -0.2) is 18.4 Å². The van der Waals surface area contributed by atoms with E-state index in [0.29, 0.717) is 42.5 Å². The smallest absolute Gasteiger partial charge is 0.224 e. The Labute approximate surface area is 164 Å². The third-order valence-corrected chi connectivity index (χ3v) is 8.06. The van der Waals surface area contributed by atoms with Crippen LogP contribution in [-0.4, -0.2) is 43.7 Å². The van der Waals surface area contributed by atoms with Gasteiger partial charge in [-0.1, -0.05) is 18.2 Å². The van der Waals surface area contributed by atoms with Crippen LogP contribution in [0.1, 0.15) is 32.4 Å². The van der Waals surface area contributed by atoms with Crippen molar-refractivity contribution in [1.82, 2.24) is 9.97 Å². The molecular weight excluding hydrogens is 386 g/mol. The maximum absolute atomic E-state index is 13.3. The van der Waals surface area contributed by atoms with Crippen LogP contribution in [0, 0.1) is 0 Å². The number of rotatable bonds is 4. The van der Waals surface area contributed by atoms with E-state index < -0.39 is 14.6 Å². The molecule has 27 heavy (non-hydrogen) atoms. The molecule has 1 saturated heterocycles. The van der Waals surface area contributed by atoms with Gasteiger partial charge in [0.15, 0.2) is 9.84 Å². The fourth-order valence-electron chi connectivity index (χ4n) is 3.83. The quantitative estimate of drug-likeness (QED) is 0.724. The van der Waals surface area contributed by atoms with Gasteiger partial charge in [0, 0.05) is 6.07 Å². The second-order valence-electron chi connectivity index (χ2n) is 7.33. The lowest BCUT2D eigenvalue weighted by Crippen LogP contribution is -2.50. The number of sulfone groups is 1. The van der Waals surface area contributed by atoms with Crippen LogP contribution in [0.5, 0.6) is 0 Å². The second-order valence-corrected chi connectivity index (χ2v) is 9.93. The first-order valence-electron chi connectivity index (χ1n) is 9.06. The fraction of sp³-hybridized carbons (Fsp3) is 0.474. The molecule has 144 valence electrons. The minimum atomic E-state index is -3.56. The highest BCUT2D eigenvalue weighted by molar-refractivity contribution is 7.92. The van der Waals surface area contributed by atoms with Gasteiger partial charge in [-0.05, 0) is 50.4 Å². The summed E-state index contributed by atoms with van der Waals surface area (Å²) in [4.78, 5) is 11.1. The molecule has 0 radical (unpaired) electrons. The predicted octanol–water partition coefficient (Wildman–Crippen LogP) is 3.21. The molecule has 0 N–H and O–H groups in total. The Balaban J connectivity index is 1.78. The largest absolute Gasteiger partial charge is 0.377 e. The Morgan fingerprint density at radius 1 is 1.11 bits per heavy atom. The fourth-order valence-corrected chi connectivity index (χ4v) is 5.99. The number of hydrogen-bond donors (Lipinski definition) is 0. The van der Waals surface area contributed by atoms with Crippen molar-refractivity contribution in [2.24, 2.45) is 0 Å². The molecule has 1 aliphatic heterocycles. The average Bonchev–Trinajstić information content (AvgIpc) is 3.44. The summed E-state index contributed by atoms with van der Waals surface area (Å²) in [6.07, 6.45) is 1.07. The van der Waals surface area contributed by atoms with Crippen LogP contribution in [0.25, 0.3) is 0 Å². The van der Waals surface area contributed by atoms with E-state index in [1.54, 1.807) is 36.4 Å². The third-order valence-electron chi connectivity index (χ3n) is 5.36. The summed E-state index contributed by atoms with van der Waals surface area (Å²) >= 11 is 6.22. The summed E-state index contributed by atoms with van der Waals surface area (Å²) < 4.78 is 31.2. The molecular formula is C19H22ClN3O3S. The maximum Gasteiger partial charge on any atom is 0.224 e. The van der Waals surface area contributed by atoms with E-state index in [-0.39, 0.29) is 17.4 Å². The highest BCUT2D eigenvalue weighted by atomic mass is 35.5. The molecule has 2 atom stereocenters. The van der Waals surface area contributed by atoms with E-state index in [2.05, 4.69) is 28.7 Å². The van der Waals surface area contributed by atoms with Crippen molar-refractivity contribution >= 4 is 27.3 Å². The van der Waals surface area contributed by atoms with Crippen LogP contribution in [0.4, 0.5) is 5.82 Å². The Hall–Kier alpha value is -1.70. The molecule has 0 spiro atoms. The Bertz CT molecular complexity index is 938. The highest BCUT2D eigenvalue weighted by Crippen LogP contribution is 2.55. The molecule has 1 aliphatic carbocycles. The zero-order chi connectivity index (χ0) is 19.2. The van der Waals surface area contributed by atoms with E-state index in [0.717, 1.165) is 0 Å². The van der Waals surface area contributed by atoms with Gasteiger partial charge in [0.05, 0.1) is 35.9 Å². The van der Waals surface area contributed by atoms with Gasteiger partial charge >= 0.3 is 0 Å². The number of aromatic nitrogens is 2. The van der Waals surface area contributed by atoms with Crippen LogP contribution in [0.15, 0.2) is 41.3 Å². The molecule has 2 aromatic rings. The normalized spacial score (nSPS) is 24.6. The first-order valence-corrected chi connectivity index (χ1v) is 10.9. The van der Waals surface area contributed by atoms with Crippen molar-refractivity contribution in [2.45, 2.75) is 48.4 Å². The summed E-state index contributed by atoms with van der Waals surface area (Å²) in [5, 5.41) is 0.0722. The SMILES string of the molecule is CC1COCC(C)N1c1cc(C2(S(=O)(=O)c3ccccc3)CC2)nc(Cl)n1. The minimum Gasteiger partial charge on any atom is -0.377 e. The van der Waals surface area contributed by atoms with Crippen LogP contribution < -0.4 is 4.90 Å². The van der Waals surface area contributed by atoms with Gasteiger partial charge in [-0.3, -0.25) is 0 Å². The number of nitrogens with zero attached hydrogens (tertiary/aromatic N) is 3. The van der Waals surface area contributed by atoms with Crippen LogP contribution in [0.3, 0.4) is 0 Å². The Morgan fingerprint density at radius 2 is 1.74 bits per heavy atom. The molecule has 0 amide bonds. The number of benzene rings is 1. The molecule has 1 saturated carbocycles. The third kappa shape index (κ3) is 3.11. The van der Waals surface area contributed by atoms with Crippen LogP contribution in [-0.2, 0) is 19.3 Å². The van der Waals surface area contributed by atoms with Crippen molar-refractivity contribution in [3.63, 3.8) is 0 Å². The summed E-state index contributed by atoms with van der Waals surface area (Å²) in [7, 11) is -3.56. The lowest BCUT2D eigenvalue weighted by molar-refractivity contribution is 0.0752. The summed E-state index contributed by atoms with van der Waals surface area (Å²) in [6.45, 7) is 5.29. The minimum absolute atomic E-state index is 0.0722. The standard InChI is InChI=1S/C19H22ClN3O3S/c1-13-11-26-12-14(2)23(13)17-10-16(21-18(20)22-17)19(8-9-19)27(24,25)15-6-4-3-5-7-15/h3-7,10,13-14H,8-9,11-12H2,1-2H3. The molecule has 6 nitrogen and oxygen atoms in total. The average molecular weight is 408 g/mol. The topological polar surface area (TPSA) is 72.4 Å². The van der Waals surface area contributed by atoms with Gasteiger partial charge in [0.25, 0.3) is 0 Å². The maximum atomic E-state index is 13.3. The lowest BCUT2D eigenvalue weighted by Gasteiger charge is -2.39. The number of ether oxygens (including phenoxy) is 1. The first-order chi connectivity index (χ1) is 12.8. The van der Waals surface area contributed by atoms with Crippen molar-refractivity contribution in [1.29, 1.82) is 0 Å². The molecule has 2 fully saturated rings. The molecule has 1 aromatic heterocycles. The van der Waals surface area contributed by atoms with E-state index >= 15 is 0 Å². The number of hydrogen-bond acceptors (Lipinski definition) is 6. The van der Waals surface area contributed by atoms with Gasteiger partial charge in [0.1, 0.15) is 10.6 Å². The van der Waals surface area contributed by atoms with Gasteiger partial charge in [-0.2, -0.15) is 0 Å². The predicted molar refractivity (Wildman–Crippen MR) is 104 cm³/mol. The van der Waals surface area contributed by atoms with Crippen molar-refractivity contribution in [3.8, 4) is 0 Å². The zero-order valence-corrected chi connectivity index (χ0v) is 16.9. The van der Waals surface area contributed by atoms with Gasteiger partial charge in [-0.15, -0.1) is 0 Å². The molecule has 2 aliphatic rings. The molecule has 0 bridgehead atoms. The lowest BCUT2D eigenvalue weighted by atomic mass is 10.1. The Morgan fingerprint density at radius 3 is 2.33 bits per heavy atom. The van der Waals surface area contributed by atoms with E-state index in [1.165, 1.54) is 0 Å². The monoisotopic (exact) mass is 407 g/mol. The van der Waals surface area contributed by atoms with Gasteiger partial charge in [0.2, 0.25) is 5.28 Å². The van der Waals surface area contributed by atoms with Crippen molar-refractivity contribution < 1.29 is 13.2 Å². The second kappa shape index (κ2) is 6.72. The first kappa shape index (κ1) is 18.7. The molecule has 1 aromatic carbocycles. The molecule has 8 heteroatoms. The Kier molecular flexibility index (Phi) is 4.64. The molecule has 4 rings (SSSR count). The van der Waals surface area contributed by atoms with Crippen molar-refractivity contribution in [2.75, 3.05) is 18.1 Å². The van der Waals surface area contributed by atoms with E-state index in [9.17, 15) is 8.42 Å². The summed E-state index contributed by atoms with van der Waals surface area (Å²) in [5.74, 6) is 0.655. The van der Waals surface area contributed by atoms with Crippen LogP contribution >= 0.6 is 11.6 Å². The van der Waals surface area contributed by atoms with Crippen LogP contribution in [0.2, 0.25) is 5.28 Å². The number of morpholine rings is 1. The zero-order valence-electron chi connectivity index (χ0n) is 15.3. The highest BCUT2D eigenvalue weighted by Gasteiger charge is 2.58. The summed E-state index contributed by atoms with van der Waals surface area (Å²) in [5.41, 5.74) is 0.479. The van der Waals surface area contributed by atoms with Crippen molar-refractivity contribution in [3.05, 3.63) is 47.4 Å². The molecule has 2 unspecified atom stereocenters. The number of halogens is 1. The number of anilines is 1. The summed E-state index contributed by atoms with van der Waals surface area (Å²) in [6, 6.07) is 10.6. The van der Waals surface area contributed by atoms with E-state index in [1.807, 2.05) is 0 Å². The van der Waals surface area contributed by atoms with Gasteiger partial charge < -0.3 is 9.64 Å². The van der Waals surface area contributed by atoms with E-state index in [4.69, 9.17) is 16.3 Å². The molecule has 2 heterocycles.